The summed E-state index contributed by atoms with van der Waals surface area (Å²) in [4.78, 5) is 13.8. The lowest BCUT2D eigenvalue weighted by molar-refractivity contribution is 0.101. The molecule has 3 heteroatoms. The number of hydrogen-bond donors (Lipinski definition) is 0. The molecule has 0 spiro atoms. The van der Waals surface area contributed by atoms with Gasteiger partial charge in [-0.2, -0.15) is 0 Å². The molecule has 0 amide bonds. The molecule has 0 unspecified atom stereocenters. The molecule has 1 rings (SSSR count). The van der Waals surface area contributed by atoms with Crippen molar-refractivity contribution in [2.24, 2.45) is 11.8 Å². The summed E-state index contributed by atoms with van der Waals surface area (Å²) in [5.74, 6) is 1.39. The number of hydrogen-bond acceptors (Lipinski definition) is 2. The van der Waals surface area contributed by atoms with Gasteiger partial charge in [0.15, 0.2) is 5.78 Å². The summed E-state index contributed by atoms with van der Waals surface area (Å²) in [5, 5.41) is 0.676. The highest BCUT2D eigenvalue weighted by Crippen LogP contribution is 2.28. The summed E-state index contributed by atoms with van der Waals surface area (Å²) in [5.41, 5.74) is 1.72. The third-order valence-electron chi connectivity index (χ3n) is 3.65. The van der Waals surface area contributed by atoms with Gasteiger partial charge in [-0.1, -0.05) is 39.3 Å². The lowest BCUT2D eigenvalue weighted by atomic mass is 10.1. The fourth-order valence-electron chi connectivity index (χ4n) is 2.16. The number of carbonyl (C=O) groups excluding carboxylic acids is 1. The van der Waals surface area contributed by atoms with Crippen LogP contribution in [-0.4, -0.2) is 18.9 Å². The minimum absolute atomic E-state index is 0.0550. The number of benzene rings is 1. The SMILES string of the molecule is CC(=O)c1ccc(N(CCC(C)C)CCC(C)C)c(Cl)c1. The van der Waals surface area contributed by atoms with E-state index < -0.39 is 0 Å². The maximum Gasteiger partial charge on any atom is 0.159 e. The third-order valence-corrected chi connectivity index (χ3v) is 3.95. The van der Waals surface area contributed by atoms with Crippen molar-refractivity contribution in [3.63, 3.8) is 0 Å². The van der Waals surface area contributed by atoms with Crippen LogP contribution in [0, 0.1) is 11.8 Å². The number of nitrogens with zero attached hydrogens (tertiary/aromatic N) is 1. The van der Waals surface area contributed by atoms with Crippen LogP contribution in [-0.2, 0) is 0 Å². The van der Waals surface area contributed by atoms with Crippen LogP contribution in [0.25, 0.3) is 0 Å². The third kappa shape index (κ3) is 6.09. The molecule has 0 saturated carbocycles. The molecule has 1 aromatic carbocycles. The molecule has 2 nitrogen and oxygen atoms in total. The van der Waals surface area contributed by atoms with Crippen molar-refractivity contribution in [1.29, 1.82) is 0 Å². The van der Waals surface area contributed by atoms with Crippen LogP contribution in [0.5, 0.6) is 0 Å². The van der Waals surface area contributed by atoms with E-state index >= 15 is 0 Å². The van der Waals surface area contributed by atoms with Crippen molar-refractivity contribution in [1.82, 2.24) is 0 Å². The summed E-state index contributed by atoms with van der Waals surface area (Å²) in [6, 6.07) is 5.65. The predicted octanol–water partition coefficient (Wildman–Crippen LogP) is 5.44. The van der Waals surface area contributed by atoms with E-state index in [9.17, 15) is 4.79 Å². The van der Waals surface area contributed by atoms with Gasteiger partial charge in [0.1, 0.15) is 0 Å². The monoisotopic (exact) mass is 309 g/mol. The predicted molar refractivity (Wildman–Crippen MR) is 92.6 cm³/mol. The number of carbonyl (C=O) groups is 1. The molecule has 0 aliphatic rings. The molecule has 1 aromatic rings. The van der Waals surface area contributed by atoms with Crippen LogP contribution < -0.4 is 4.90 Å². The van der Waals surface area contributed by atoms with Gasteiger partial charge < -0.3 is 4.90 Å². The molecular formula is C18H28ClNO. The minimum atomic E-state index is 0.0550. The van der Waals surface area contributed by atoms with Gasteiger partial charge in [0.25, 0.3) is 0 Å². The first kappa shape index (κ1) is 18.0. The number of Topliss-reactive ketones (excluding diaryl/α,β-unsaturated/α-hetero) is 1. The van der Waals surface area contributed by atoms with E-state index in [1.54, 1.807) is 13.0 Å². The number of anilines is 1. The Morgan fingerprint density at radius 3 is 2.00 bits per heavy atom. The maximum atomic E-state index is 11.4. The second kappa shape index (κ2) is 8.43. The van der Waals surface area contributed by atoms with Crippen molar-refractivity contribution in [2.75, 3.05) is 18.0 Å². The molecule has 0 N–H and O–H groups in total. The first-order valence-corrected chi connectivity index (χ1v) is 8.24. The Kier molecular flexibility index (Phi) is 7.24. The van der Waals surface area contributed by atoms with Crippen molar-refractivity contribution in [2.45, 2.75) is 47.5 Å². The van der Waals surface area contributed by atoms with Crippen LogP contribution in [0.3, 0.4) is 0 Å². The van der Waals surface area contributed by atoms with Crippen molar-refractivity contribution >= 4 is 23.1 Å². The fraction of sp³-hybridized carbons (Fsp3) is 0.611. The zero-order valence-electron chi connectivity index (χ0n) is 13.9. The molecule has 0 atom stereocenters. The standard InChI is InChI=1S/C18H28ClNO/c1-13(2)8-10-20(11-9-14(3)4)18-7-6-16(15(5)21)12-17(18)19/h6-7,12-14H,8-11H2,1-5H3. The van der Waals surface area contributed by atoms with Gasteiger partial charge in [-0.15, -0.1) is 0 Å². The Morgan fingerprint density at radius 1 is 1.10 bits per heavy atom. The highest BCUT2D eigenvalue weighted by Gasteiger charge is 2.13. The van der Waals surface area contributed by atoms with Gasteiger partial charge in [-0.25, -0.2) is 0 Å². The van der Waals surface area contributed by atoms with Gasteiger partial charge in [-0.05, 0) is 49.8 Å². The van der Waals surface area contributed by atoms with E-state index in [4.69, 9.17) is 11.6 Å². The summed E-state index contributed by atoms with van der Waals surface area (Å²) >= 11 is 6.40. The molecule has 0 saturated heterocycles. The van der Waals surface area contributed by atoms with Crippen LogP contribution >= 0.6 is 11.6 Å². The number of rotatable bonds is 8. The molecule has 21 heavy (non-hydrogen) atoms. The smallest absolute Gasteiger partial charge is 0.159 e. The Morgan fingerprint density at radius 2 is 1.62 bits per heavy atom. The summed E-state index contributed by atoms with van der Waals surface area (Å²) in [6.45, 7) is 12.5. The first-order valence-electron chi connectivity index (χ1n) is 7.86. The van der Waals surface area contributed by atoms with E-state index in [2.05, 4.69) is 32.6 Å². The average Bonchev–Trinajstić information content (AvgIpc) is 2.38. The Balaban J connectivity index is 2.92. The van der Waals surface area contributed by atoms with Crippen LogP contribution in [0.2, 0.25) is 5.02 Å². The van der Waals surface area contributed by atoms with E-state index in [1.807, 2.05) is 12.1 Å². The zero-order valence-corrected chi connectivity index (χ0v) is 14.7. The lowest BCUT2D eigenvalue weighted by Gasteiger charge is -2.27. The van der Waals surface area contributed by atoms with Gasteiger partial charge in [0.2, 0.25) is 0 Å². The van der Waals surface area contributed by atoms with Crippen molar-refractivity contribution in [3.8, 4) is 0 Å². The second-order valence-electron chi connectivity index (χ2n) is 6.57. The summed E-state index contributed by atoms with van der Waals surface area (Å²) in [7, 11) is 0. The van der Waals surface area contributed by atoms with Crippen LogP contribution in [0.4, 0.5) is 5.69 Å². The quantitative estimate of drug-likeness (QED) is 0.596. The Labute approximate surface area is 134 Å². The molecule has 0 heterocycles. The largest absolute Gasteiger partial charge is 0.370 e. The van der Waals surface area contributed by atoms with Crippen molar-refractivity contribution in [3.05, 3.63) is 28.8 Å². The summed E-state index contributed by atoms with van der Waals surface area (Å²) in [6.07, 6.45) is 2.28. The molecule has 0 aliphatic carbocycles. The fourth-order valence-corrected chi connectivity index (χ4v) is 2.46. The molecule has 118 valence electrons. The number of halogens is 1. The maximum absolute atomic E-state index is 11.4. The number of ketones is 1. The molecule has 0 aromatic heterocycles. The molecule has 0 radical (unpaired) electrons. The minimum Gasteiger partial charge on any atom is -0.370 e. The van der Waals surface area contributed by atoms with Crippen LogP contribution in [0.1, 0.15) is 57.8 Å². The van der Waals surface area contributed by atoms with Gasteiger partial charge >= 0.3 is 0 Å². The van der Waals surface area contributed by atoms with E-state index in [1.165, 1.54) is 0 Å². The topological polar surface area (TPSA) is 20.3 Å². The highest BCUT2D eigenvalue weighted by atomic mass is 35.5. The van der Waals surface area contributed by atoms with Gasteiger partial charge in [0.05, 0.1) is 10.7 Å². The highest BCUT2D eigenvalue weighted by molar-refractivity contribution is 6.33. The lowest BCUT2D eigenvalue weighted by Crippen LogP contribution is -2.27. The second-order valence-corrected chi connectivity index (χ2v) is 6.98. The normalized spacial score (nSPS) is 11.2. The van der Waals surface area contributed by atoms with E-state index in [0.29, 0.717) is 22.4 Å². The van der Waals surface area contributed by atoms with Gasteiger partial charge in [0, 0.05) is 18.7 Å². The molecule has 0 aliphatic heterocycles. The van der Waals surface area contributed by atoms with Gasteiger partial charge in [-0.3, -0.25) is 4.79 Å². The van der Waals surface area contributed by atoms with E-state index in [-0.39, 0.29) is 5.78 Å². The van der Waals surface area contributed by atoms with Crippen molar-refractivity contribution < 1.29 is 4.79 Å². The molecular weight excluding hydrogens is 282 g/mol. The summed E-state index contributed by atoms with van der Waals surface area (Å²) < 4.78 is 0. The average molecular weight is 310 g/mol. The Bertz CT molecular complexity index is 456. The zero-order chi connectivity index (χ0) is 16.0. The Hall–Kier alpha value is -1.02. The first-order chi connectivity index (χ1) is 9.81. The molecule has 0 bridgehead atoms. The van der Waals surface area contributed by atoms with Crippen LogP contribution in [0.15, 0.2) is 18.2 Å². The van der Waals surface area contributed by atoms with E-state index in [0.717, 1.165) is 31.6 Å². The molecule has 0 fully saturated rings.